The number of amides is 1. The molecule has 0 bridgehead atoms. The molecule has 1 atom stereocenters. The van der Waals surface area contributed by atoms with Crippen LogP contribution in [0.1, 0.15) is 18.1 Å². The molecule has 20 heavy (non-hydrogen) atoms. The predicted molar refractivity (Wildman–Crippen MR) is 84.1 cm³/mol. The second-order valence-corrected chi connectivity index (χ2v) is 6.10. The summed E-state index contributed by atoms with van der Waals surface area (Å²) in [4.78, 5) is 16.4. The standard InChI is InChI=1S/C16H18N2OS/c1-11-7-8-12(2)14(10-11)18-16(19)13(3)20-15-6-4-5-9-17-15/h4-10,13H,1-3H3,(H,18,19)/t13-/m0/s1. The van der Waals surface area contributed by atoms with Crippen LogP contribution in [0.5, 0.6) is 0 Å². The van der Waals surface area contributed by atoms with Crippen LogP contribution in [0.3, 0.4) is 0 Å². The molecular weight excluding hydrogens is 268 g/mol. The lowest BCUT2D eigenvalue weighted by Gasteiger charge is -2.13. The number of anilines is 1. The molecule has 0 unspecified atom stereocenters. The van der Waals surface area contributed by atoms with Crippen LogP contribution >= 0.6 is 11.8 Å². The van der Waals surface area contributed by atoms with Crippen molar-refractivity contribution in [1.29, 1.82) is 0 Å². The summed E-state index contributed by atoms with van der Waals surface area (Å²) >= 11 is 1.46. The van der Waals surface area contributed by atoms with Crippen LogP contribution in [0.15, 0.2) is 47.6 Å². The topological polar surface area (TPSA) is 42.0 Å². The van der Waals surface area contributed by atoms with Crippen LogP contribution < -0.4 is 5.32 Å². The summed E-state index contributed by atoms with van der Waals surface area (Å²) in [5.41, 5.74) is 3.08. The Morgan fingerprint density at radius 1 is 1.25 bits per heavy atom. The molecule has 4 heteroatoms. The molecule has 2 aromatic rings. The Balaban J connectivity index is 2.02. The van der Waals surface area contributed by atoms with Crippen molar-refractivity contribution in [2.24, 2.45) is 0 Å². The number of aromatic nitrogens is 1. The number of hydrogen-bond acceptors (Lipinski definition) is 3. The second-order valence-electron chi connectivity index (χ2n) is 4.74. The van der Waals surface area contributed by atoms with E-state index < -0.39 is 0 Å². The number of carbonyl (C=O) groups excluding carboxylic acids is 1. The maximum atomic E-state index is 12.2. The maximum absolute atomic E-state index is 12.2. The van der Waals surface area contributed by atoms with Crippen molar-refractivity contribution in [3.05, 3.63) is 53.7 Å². The molecule has 1 aromatic carbocycles. The van der Waals surface area contributed by atoms with Crippen LogP contribution in [0.25, 0.3) is 0 Å². The molecule has 0 spiro atoms. The Morgan fingerprint density at radius 3 is 2.75 bits per heavy atom. The Labute approximate surface area is 123 Å². The molecule has 0 aliphatic rings. The van der Waals surface area contributed by atoms with Crippen molar-refractivity contribution < 1.29 is 4.79 Å². The van der Waals surface area contributed by atoms with Gasteiger partial charge in [-0.15, -0.1) is 0 Å². The number of carbonyl (C=O) groups is 1. The van der Waals surface area contributed by atoms with E-state index in [4.69, 9.17) is 0 Å². The summed E-state index contributed by atoms with van der Waals surface area (Å²) in [7, 11) is 0. The molecule has 0 radical (unpaired) electrons. The quantitative estimate of drug-likeness (QED) is 0.869. The van der Waals surface area contributed by atoms with Gasteiger partial charge < -0.3 is 5.32 Å². The van der Waals surface area contributed by atoms with Gasteiger partial charge in [0.25, 0.3) is 0 Å². The Bertz CT molecular complexity index is 599. The highest BCUT2D eigenvalue weighted by molar-refractivity contribution is 8.00. The van der Waals surface area contributed by atoms with E-state index in [-0.39, 0.29) is 11.2 Å². The van der Waals surface area contributed by atoms with Crippen LogP contribution in [0, 0.1) is 13.8 Å². The zero-order chi connectivity index (χ0) is 14.5. The molecule has 1 heterocycles. The Morgan fingerprint density at radius 2 is 2.05 bits per heavy atom. The van der Waals surface area contributed by atoms with Crippen LogP contribution in [0.2, 0.25) is 0 Å². The van der Waals surface area contributed by atoms with Gasteiger partial charge in [-0.1, -0.05) is 30.0 Å². The molecule has 104 valence electrons. The maximum Gasteiger partial charge on any atom is 0.237 e. The third-order valence-corrected chi connectivity index (χ3v) is 4.01. The number of aryl methyl sites for hydroxylation is 2. The molecule has 0 saturated heterocycles. The van der Waals surface area contributed by atoms with E-state index in [1.165, 1.54) is 11.8 Å². The number of thioether (sulfide) groups is 1. The number of rotatable bonds is 4. The summed E-state index contributed by atoms with van der Waals surface area (Å²) in [6, 6.07) is 11.7. The van der Waals surface area contributed by atoms with Crippen LogP contribution in [0.4, 0.5) is 5.69 Å². The van der Waals surface area contributed by atoms with E-state index in [1.807, 2.05) is 57.2 Å². The van der Waals surface area contributed by atoms with Crippen LogP contribution in [-0.4, -0.2) is 16.1 Å². The molecule has 0 fully saturated rings. The highest BCUT2D eigenvalue weighted by Crippen LogP contribution is 2.23. The average Bonchev–Trinajstić information content (AvgIpc) is 2.44. The molecule has 1 N–H and O–H groups in total. The zero-order valence-electron chi connectivity index (χ0n) is 11.9. The lowest BCUT2D eigenvalue weighted by Crippen LogP contribution is -2.23. The van der Waals surface area contributed by atoms with Gasteiger partial charge in [0.2, 0.25) is 5.91 Å². The normalized spacial score (nSPS) is 11.9. The van der Waals surface area contributed by atoms with Gasteiger partial charge in [0.05, 0.1) is 10.3 Å². The SMILES string of the molecule is Cc1ccc(C)c(NC(=O)[C@H](C)Sc2ccccn2)c1. The molecule has 2 rings (SSSR count). The largest absolute Gasteiger partial charge is 0.325 e. The average molecular weight is 286 g/mol. The van der Waals surface area contributed by atoms with Crippen molar-refractivity contribution in [3.63, 3.8) is 0 Å². The molecule has 3 nitrogen and oxygen atoms in total. The smallest absolute Gasteiger partial charge is 0.237 e. The number of pyridine rings is 1. The number of nitrogens with one attached hydrogen (secondary N) is 1. The molecule has 0 aliphatic heterocycles. The summed E-state index contributed by atoms with van der Waals surface area (Å²) < 4.78 is 0. The molecular formula is C16H18N2OS. The lowest BCUT2D eigenvalue weighted by atomic mass is 10.1. The van der Waals surface area contributed by atoms with E-state index in [0.717, 1.165) is 21.8 Å². The monoisotopic (exact) mass is 286 g/mol. The van der Waals surface area contributed by atoms with Gasteiger partial charge in [-0.2, -0.15) is 0 Å². The van der Waals surface area contributed by atoms with Gasteiger partial charge in [-0.25, -0.2) is 4.98 Å². The van der Waals surface area contributed by atoms with Crippen molar-refractivity contribution in [1.82, 2.24) is 4.98 Å². The zero-order valence-corrected chi connectivity index (χ0v) is 12.7. The first-order valence-corrected chi connectivity index (χ1v) is 7.40. The van der Waals surface area contributed by atoms with Gasteiger partial charge in [-0.3, -0.25) is 4.79 Å². The van der Waals surface area contributed by atoms with Crippen molar-refractivity contribution >= 4 is 23.4 Å². The lowest BCUT2D eigenvalue weighted by molar-refractivity contribution is -0.115. The predicted octanol–water partition coefficient (Wildman–Crippen LogP) is 3.82. The molecule has 0 saturated carbocycles. The first kappa shape index (κ1) is 14.6. The van der Waals surface area contributed by atoms with E-state index in [0.29, 0.717) is 0 Å². The highest BCUT2D eigenvalue weighted by Gasteiger charge is 2.15. The minimum absolute atomic E-state index is 0.00523. The summed E-state index contributed by atoms with van der Waals surface area (Å²) in [6.45, 7) is 5.90. The molecule has 0 aliphatic carbocycles. The van der Waals surface area contributed by atoms with Crippen molar-refractivity contribution in [2.75, 3.05) is 5.32 Å². The fourth-order valence-electron chi connectivity index (χ4n) is 1.76. The van der Waals surface area contributed by atoms with E-state index >= 15 is 0 Å². The highest BCUT2D eigenvalue weighted by atomic mass is 32.2. The third kappa shape index (κ3) is 3.84. The Kier molecular flexibility index (Phi) is 4.79. The molecule has 1 aromatic heterocycles. The third-order valence-electron chi connectivity index (χ3n) is 2.96. The fourth-order valence-corrected chi connectivity index (χ4v) is 2.56. The summed E-state index contributed by atoms with van der Waals surface area (Å²) in [6.07, 6.45) is 1.73. The van der Waals surface area contributed by atoms with Gasteiger partial charge in [0.15, 0.2) is 0 Å². The van der Waals surface area contributed by atoms with Gasteiger partial charge >= 0.3 is 0 Å². The first-order valence-electron chi connectivity index (χ1n) is 6.52. The van der Waals surface area contributed by atoms with Crippen molar-refractivity contribution in [3.8, 4) is 0 Å². The minimum atomic E-state index is -0.190. The second kappa shape index (κ2) is 6.57. The van der Waals surface area contributed by atoms with Gasteiger partial charge in [0.1, 0.15) is 0 Å². The van der Waals surface area contributed by atoms with E-state index in [9.17, 15) is 4.79 Å². The van der Waals surface area contributed by atoms with Gasteiger partial charge in [0, 0.05) is 11.9 Å². The summed E-state index contributed by atoms with van der Waals surface area (Å²) in [5.74, 6) is -0.00523. The van der Waals surface area contributed by atoms with E-state index in [1.54, 1.807) is 6.20 Å². The van der Waals surface area contributed by atoms with E-state index in [2.05, 4.69) is 10.3 Å². The first-order chi connectivity index (χ1) is 9.56. The summed E-state index contributed by atoms with van der Waals surface area (Å²) in [5, 5.41) is 3.65. The number of nitrogens with zero attached hydrogens (tertiary/aromatic N) is 1. The van der Waals surface area contributed by atoms with Crippen molar-refractivity contribution in [2.45, 2.75) is 31.0 Å². The number of hydrogen-bond donors (Lipinski definition) is 1. The molecule has 1 amide bonds. The Hall–Kier alpha value is -1.81. The minimum Gasteiger partial charge on any atom is -0.325 e. The van der Waals surface area contributed by atoms with Crippen LogP contribution in [-0.2, 0) is 4.79 Å². The van der Waals surface area contributed by atoms with Gasteiger partial charge in [-0.05, 0) is 50.1 Å². The fraction of sp³-hybridized carbons (Fsp3) is 0.250. The number of benzene rings is 1.